The highest BCUT2D eigenvalue weighted by Gasteiger charge is 2.23. The van der Waals surface area contributed by atoms with Crippen LogP contribution in [-0.4, -0.2) is 51.9 Å². The van der Waals surface area contributed by atoms with E-state index in [0.29, 0.717) is 13.1 Å². The second-order valence-electron chi connectivity index (χ2n) is 5.94. The van der Waals surface area contributed by atoms with Crippen molar-refractivity contribution >= 4 is 5.91 Å². The van der Waals surface area contributed by atoms with Crippen molar-refractivity contribution in [3.05, 3.63) is 17.7 Å². The summed E-state index contributed by atoms with van der Waals surface area (Å²) >= 11 is 0. The van der Waals surface area contributed by atoms with E-state index < -0.39 is 0 Å². The minimum absolute atomic E-state index is 0.269. The molecule has 1 saturated heterocycles. The van der Waals surface area contributed by atoms with E-state index in [1.807, 2.05) is 4.90 Å². The highest BCUT2D eigenvalue weighted by Crippen LogP contribution is 2.16. The van der Waals surface area contributed by atoms with Gasteiger partial charge in [0.05, 0.1) is 30.8 Å². The molecule has 0 atom stereocenters. The quantitative estimate of drug-likeness (QED) is 0.892. The number of hydrogen-bond acceptors (Lipinski definition) is 3. The molecule has 0 saturated carbocycles. The molecule has 0 aromatic carbocycles. The maximum Gasteiger partial charge on any atom is 0.237 e. The number of carbonyl (C=O) groups is 1. The third-order valence-electron chi connectivity index (χ3n) is 4.44. The molecule has 0 bridgehead atoms. The Morgan fingerprint density at radius 1 is 1.15 bits per heavy atom. The Morgan fingerprint density at radius 2 is 1.90 bits per heavy atom. The van der Waals surface area contributed by atoms with E-state index in [-0.39, 0.29) is 5.91 Å². The first-order valence-corrected chi connectivity index (χ1v) is 7.84. The summed E-state index contributed by atoms with van der Waals surface area (Å²) in [5.41, 5.74) is 2.23. The summed E-state index contributed by atoms with van der Waals surface area (Å²) in [7, 11) is 0. The van der Waals surface area contributed by atoms with Crippen LogP contribution in [0.3, 0.4) is 0 Å². The largest absolute Gasteiger partial charge is 0.347 e. The molecule has 5 heteroatoms. The summed E-state index contributed by atoms with van der Waals surface area (Å²) in [6, 6.07) is 0. The number of aromatic amines is 1. The third-order valence-corrected chi connectivity index (χ3v) is 4.44. The summed E-state index contributed by atoms with van der Waals surface area (Å²) in [5, 5.41) is 0. The number of nitrogens with one attached hydrogen (secondary N) is 1. The van der Waals surface area contributed by atoms with Gasteiger partial charge in [0.1, 0.15) is 0 Å². The number of rotatable bonds is 2. The summed E-state index contributed by atoms with van der Waals surface area (Å²) < 4.78 is 0. The van der Waals surface area contributed by atoms with Gasteiger partial charge in [0, 0.05) is 13.0 Å². The molecule has 110 valence electrons. The minimum atomic E-state index is 0.269. The molecular formula is C15H24N4O. The Labute approximate surface area is 120 Å². The Balaban J connectivity index is 1.54. The number of fused-ring (bicyclic) bond motifs is 1. The van der Waals surface area contributed by atoms with Gasteiger partial charge in [0.25, 0.3) is 0 Å². The molecule has 5 nitrogen and oxygen atoms in total. The Morgan fingerprint density at radius 3 is 2.70 bits per heavy atom. The minimum Gasteiger partial charge on any atom is -0.347 e. The van der Waals surface area contributed by atoms with Crippen molar-refractivity contribution in [3.8, 4) is 0 Å². The van der Waals surface area contributed by atoms with Crippen molar-refractivity contribution < 1.29 is 4.79 Å². The van der Waals surface area contributed by atoms with Crippen molar-refractivity contribution in [2.75, 3.05) is 26.2 Å². The first-order chi connectivity index (χ1) is 9.83. The van der Waals surface area contributed by atoms with Crippen LogP contribution in [0.25, 0.3) is 0 Å². The fourth-order valence-corrected chi connectivity index (χ4v) is 3.19. The molecule has 1 N–H and O–H groups in total. The van der Waals surface area contributed by atoms with Gasteiger partial charge in [-0.2, -0.15) is 0 Å². The first kappa shape index (κ1) is 13.6. The lowest BCUT2D eigenvalue weighted by Crippen LogP contribution is -2.43. The average Bonchev–Trinajstić information content (AvgIpc) is 2.88. The number of hydrogen-bond donors (Lipinski definition) is 1. The summed E-state index contributed by atoms with van der Waals surface area (Å²) in [6.45, 7) is 4.25. The monoisotopic (exact) mass is 276 g/mol. The van der Waals surface area contributed by atoms with E-state index >= 15 is 0 Å². The van der Waals surface area contributed by atoms with E-state index in [4.69, 9.17) is 0 Å². The lowest BCUT2D eigenvalue weighted by molar-refractivity contribution is -0.133. The van der Waals surface area contributed by atoms with Crippen LogP contribution in [0, 0.1) is 0 Å². The van der Waals surface area contributed by atoms with Crippen molar-refractivity contribution in [2.45, 2.75) is 45.1 Å². The second-order valence-corrected chi connectivity index (χ2v) is 5.94. The SMILES string of the molecule is O=C(CN1CCCCCCC1)N1CCc2nc[nH]c2C1. The van der Waals surface area contributed by atoms with Crippen LogP contribution >= 0.6 is 0 Å². The van der Waals surface area contributed by atoms with Crippen molar-refractivity contribution in [1.82, 2.24) is 19.8 Å². The van der Waals surface area contributed by atoms with Gasteiger partial charge < -0.3 is 9.88 Å². The Kier molecular flexibility index (Phi) is 4.35. The number of likely N-dealkylation sites (tertiary alicyclic amines) is 1. The average molecular weight is 276 g/mol. The number of carbonyl (C=O) groups excluding carboxylic acids is 1. The molecule has 1 aromatic rings. The van der Waals surface area contributed by atoms with E-state index in [2.05, 4.69) is 14.9 Å². The summed E-state index contributed by atoms with van der Waals surface area (Å²) in [5.74, 6) is 0.269. The molecule has 2 aliphatic heterocycles. The predicted octanol–water partition coefficient (Wildman–Crippen LogP) is 1.56. The Hall–Kier alpha value is -1.36. The predicted molar refractivity (Wildman–Crippen MR) is 77.2 cm³/mol. The summed E-state index contributed by atoms with van der Waals surface area (Å²) in [4.78, 5) is 24.2. The number of aromatic nitrogens is 2. The fourth-order valence-electron chi connectivity index (χ4n) is 3.19. The van der Waals surface area contributed by atoms with Crippen LogP contribution in [0.15, 0.2) is 6.33 Å². The van der Waals surface area contributed by atoms with Crippen LogP contribution in [0.5, 0.6) is 0 Å². The maximum absolute atomic E-state index is 12.4. The number of imidazole rings is 1. The van der Waals surface area contributed by atoms with Crippen molar-refractivity contribution in [3.63, 3.8) is 0 Å². The zero-order chi connectivity index (χ0) is 13.8. The molecule has 1 aromatic heterocycles. The van der Waals surface area contributed by atoms with Crippen LogP contribution in [0.4, 0.5) is 0 Å². The van der Waals surface area contributed by atoms with Crippen molar-refractivity contribution in [2.24, 2.45) is 0 Å². The zero-order valence-electron chi connectivity index (χ0n) is 12.1. The lowest BCUT2D eigenvalue weighted by Gasteiger charge is -2.30. The van der Waals surface area contributed by atoms with Crippen LogP contribution < -0.4 is 0 Å². The van der Waals surface area contributed by atoms with Gasteiger partial charge in [0.2, 0.25) is 5.91 Å². The standard InChI is InChI=1S/C15H24N4O/c20-15(11-18-7-4-2-1-3-5-8-18)19-9-6-13-14(10-19)17-12-16-13/h12H,1-11H2,(H,16,17). The normalized spacial score (nSPS) is 21.1. The highest BCUT2D eigenvalue weighted by molar-refractivity contribution is 5.78. The molecule has 1 fully saturated rings. The van der Waals surface area contributed by atoms with Gasteiger partial charge in [-0.1, -0.05) is 19.3 Å². The van der Waals surface area contributed by atoms with Gasteiger partial charge in [-0.05, 0) is 25.9 Å². The van der Waals surface area contributed by atoms with Gasteiger partial charge in [-0.3, -0.25) is 9.69 Å². The van der Waals surface area contributed by atoms with Crippen LogP contribution in [-0.2, 0) is 17.8 Å². The maximum atomic E-state index is 12.4. The van der Waals surface area contributed by atoms with E-state index in [1.54, 1.807) is 6.33 Å². The smallest absolute Gasteiger partial charge is 0.237 e. The third kappa shape index (κ3) is 3.20. The van der Waals surface area contributed by atoms with E-state index in [0.717, 1.165) is 37.4 Å². The fraction of sp³-hybridized carbons (Fsp3) is 0.733. The number of amides is 1. The molecule has 0 spiro atoms. The Bertz CT molecular complexity index is 448. The molecule has 0 unspecified atom stereocenters. The molecule has 0 radical (unpaired) electrons. The second kappa shape index (κ2) is 6.39. The number of H-pyrrole nitrogens is 1. The molecule has 20 heavy (non-hydrogen) atoms. The lowest BCUT2D eigenvalue weighted by atomic mass is 10.1. The highest BCUT2D eigenvalue weighted by atomic mass is 16.2. The molecular weight excluding hydrogens is 252 g/mol. The van der Waals surface area contributed by atoms with Gasteiger partial charge >= 0.3 is 0 Å². The summed E-state index contributed by atoms with van der Waals surface area (Å²) in [6.07, 6.45) is 9.06. The van der Waals surface area contributed by atoms with E-state index in [1.165, 1.54) is 32.1 Å². The molecule has 2 aliphatic rings. The number of nitrogens with zero attached hydrogens (tertiary/aromatic N) is 3. The van der Waals surface area contributed by atoms with Gasteiger partial charge in [-0.15, -0.1) is 0 Å². The zero-order valence-corrected chi connectivity index (χ0v) is 12.1. The van der Waals surface area contributed by atoms with Crippen molar-refractivity contribution in [1.29, 1.82) is 0 Å². The first-order valence-electron chi connectivity index (χ1n) is 7.84. The topological polar surface area (TPSA) is 52.2 Å². The molecule has 3 rings (SSSR count). The van der Waals surface area contributed by atoms with Crippen LogP contribution in [0.2, 0.25) is 0 Å². The molecule has 0 aliphatic carbocycles. The van der Waals surface area contributed by atoms with Gasteiger partial charge in [-0.25, -0.2) is 4.98 Å². The molecule has 3 heterocycles. The molecule has 1 amide bonds. The van der Waals surface area contributed by atoms with E-state index in [9.17, 15) is 4.79 Å². The van der Waals surface area contributed by atoms with Gasteiger partial charge in [0.15, 0.2) is 0 Å². The van der Waals surface area contributed by atoms with Crippen LogP contribution in [0.1, 0.15) is 43.5 Å².